The first kappa shape index (κ1) is 14.3. The van der Waals surface area contributed by atoms with Crippen LogP contribution in [0.15, 0.2) is 0 Å². The first-order valence-corrected chi connectivity index (χ1v) is 8.04. The van der Waals surface area contributed by atoms with Gasteiger partial charge in [-0.05, 0) is 64.0 Å². The zero-order valence-electron chi connectivity index (χ0n) is 12.8. The molecule has 2 fully saturated rings. The van der Waals surface area contributed by atoms with Gasteiger partial charge in [-0.25, -0.2) is 0 Å². The second-order valence-electron chi connectivity index (χ2n) is 7.03. The van der Waals surface area contributed by atoms with E-state index in [0.29, 0.717) is 0 Å². The van der Waals surface area contributed by atoms with Crippen molar-refractivity contribution in [2.75, 3.05) is 13.6 Å². The first-order chi connectivity index (χ1) is 8.61. The summed E-state index contributed by atoms with van der Waals surface area (Å²) < 4.78 is 0. The van der Waals surface area contributed by atoms with Crippen LogP contribution < -0.4 is 5.32 Å². The predicted molar refractivity (Wildman–Crippen MR) is 78.8 cm³/mol. The molecule has 18 heavy (non-hydrogen) atoms. The lowest BCUT2D eigenvalue weighted by molar-refractivity contribution is 0.0921. The second-order valence-corrected chi connectivity index (χ2v) is 7.03. The van der Waals surface area contributed by atoms with Crippen molar-refractivity contribution in [3.8, 4) is 0 Å². The Hall–Kier alpha value is -0.0800. The van der Waals surface area contributed by atoms with Crippen molar-refractivity contribution in [1.29, 1.82) is 0 Å². The average molecular weight is 252 g/mol. The third-order valence-corrected chi connectivity index (χ3v) is 4.86. The molecule has 3 atom stereocenters. The summed E-state index contributed by atoms with van der Waals surface area (Å²) in [5.74, 6) is 1.75. The Labute approximate surface area is 114 Å². The van der Waals surface area contributed by atoms with Crippen LogP contribution in [0.25, 0.3) is 0 Å². The molecule has 106 valence electrons. The molecule has 0 aliphatic heterocycles. The summed E-state index contributed by atoms with van der Waals surface area (Å²) in [4.78, 5) is 2.86. The predicted octanol–water partition coefficient (Wildman–Crippen LogP) is 3.27. The summed E-state index contributed by atoms with van der Waals surface area (Å²) >= 11 is 0. The van der Waals surface area contributed by atoms with Gasteiger partial charge in [0.25, 0.3) is 0 Å². The van der Waals surface area contributed by atoms with Crippen molar-refractivity contribution in [2.24, 2.45) is 11.8 Å². The van der Waals surface area contributed by atoms with Crippen LogP contribution >= 0.6 is 0 Å². The van der Waals surface area contributed by atoms with Gasteiger partial charge in [-0.2, -0.15) is 0 Å². The number of likely N-dealkylation sites (N-methyl/N-ethyl adjacent to an activating group) is 1. The third-order valence-electron chi connectivity index (χ3n) is 4.86. The second kappa shape index (κ2) is 6.38. The minimum absolute atomic E-state index is 0.731. The Balaban J connectivity index is 1.97. The molecular formula is C16H32N2. The van der Waals surface area contributed by atoms with Crippen molar-refractivity contribution in [3.63, 3.8) is 0 Å². The van der Waals surface area contributed by atoms with Crippen LogP contribution in [-0.4, -0.2) is 36.6 Å². The minimum Gasteiger partial charge on any atom is -0.315 e. The summed E-state index contributed by atoms with van der Waals surface area (Å²) in [6.45, 7) is 8.46. The van der Waals surface area contributed by atoms with E-state index in [2.05, 4.69) is 38.0 Å². The van der Waals surface area contributed by atoms with Gasteiger partial charge >= 0.3 is 0 Å². The van der Waals surface area contributed by atoms with Crippen molar-refractivity contribution in [3.05, 3.63) is 0 Å². The molecule has 3 unspecified atom stereocenters. The zero-order valence-corrected chi connectivity index (χ0v) is 12.8. The summed E-state index contributed by atoms with van der Waals surface area (Å²) in [5, 5.41) is 3.58. The van der Waals surface area contributed by atoms with E-state index in [9.17, 15) is 0 Å². The van der Waals surface area contributed by atoms with E-state index >= 15 is 0 Å². The van der Waals surface area contributed by atoms with Crippen molar-refractivity contribution in [1.82, 2.24) is 10.2 Å². The molecule has 2 rings (SSSR count). The van der Waals surface area contributed by atoms with Gasteiger partial charge in [0.15, 0.2) is 0 Å². The fraction of sp³-hybridized carbons (Fsp3) is 1.00. The SMILES string of the molecule is CNC1CCC(C)CC1N(CCC(C)C)C1CC1. The van der Waals surface area contributed by atoms with Gasteiger partial charge in [0.05, 0.1) is 0 Å². The van der Waals surface area contributed by atoms with Gasteiger partial charge in [0.1, 0.15) is 0 Å². The molecular weight excluding hydrogens is 220 g/mol. The Bertz CT molecular complexity index is 247. The molecule has 0 bridgehead atoms. The monoisotopic (exact) mass is 252 g/mol. The molecule has 0 heterocycles. The van der Waals surface area contributed by atoms with E-state index in [-0.39, 0.29) is 0 Å². The largest absolute Gasteiger partial charge is 0.315 e. The minimum atomic E-state index is 0.731. The van der Waals surface area contributed by atoms with Crippen molar-refractivity contribution in [2.45, 2.75) is 77.4 Å². The Kier molecular flexibility index (Phi) is 5.08. The lowest BCUT2D eigenvalue weighted by Gasteiger charge is -2.42. The van der Waals surface area contributed by atoms with Crippen LogP contribution in [0.2, 0.25) is 0 Å². The van der Waals surface area contributed by atoms with Crippen LogP contribution in [0, 0.1) is 11.8 Å². The fourth-order valence-corrected chi connectivity index (χ4v) is 3.49. The molecule has 0 spiro atoms. The van der Waals surface area contributed by atoms with Crippen LogP contribution in [-0.2, 0) is 0 Å². The summed E-state index contributed by atoms with van der Waals surface area (Å²) in [7, 11) is 2.15. The number of nitrogens with one attached hydrogen (secondary N) is 1. The van der Waals surface area contributed by atoms with Crippen LogP contribution in [0.5, 0.6) is 0 Å². The molecule has 0 aromatic carbocycles. The maximum absolute atomic E-state index is 3.58. The van der Waals surface area contributed by atoms with Crippen molar-refractivity contribution < 1.29 is 0 Å². The van der Waals surface area contributed by atoms with Gasteiger partial charge in [0, 0.05) is 18.1 Å². The average Bonchev–Trinajstić information content (AvgIpc) is 3.14. The molecule has 0 radical (unpaired) electrons. The lowest BCUT2D eigenvalue weighted by atomic mass is 9.82. The molecule has 0 amide bonds. The van der Waals surface area contributed by atoms with E-state index in [4.69, 9.17) is 0 Å². The van der Waals surface area contributed by atoms with E-state index in [0.717, 1.165) is 30.0 Å². The molecule has 2 saturated carbocycles. The number of rotatable bonds is 6. The van der Waals surface area contributed by atoms with Gasteiger partial charge in [-0.15, -0.1) is 0 Å². The standard InChI is InChI=1S/C16H32N2/c1-12(2)9-10-18(14-6-7-14)16-11-13(3)5-8-15(16)17-4/h12-17H,5-11H2,1-4H3. The van der Waals surface area contributed by atoms with E-state index in [1.807, 2.05) is 0 Å². The quantitative estimate of drug-likeness (QED) is 0.780. The van der Waals surface area contributed by atoms with E-state index in [1.165, 1.54) is 45.1 Å². The topological polar surface area (TPSA) is 15.3 Å². The van der Waals surface area contributed by atoms with Crippen LogP contribution in [0.4, 0.5) is 0 Å². The highest BCUT2D eigenvalue weighted by Gasteiger charge is 2.39. The molecule has 2 heteroatoms. The van der Waals surface area contributed by atoms with Crippen LogP contribution in [0.1, 0.15) is 59.3 Å². The molecule has 0 aromatic rings. The van der Waals surface area contributed by atoms with Gasteiger partial charge in [-0.3, -0.25) is 4.90 Å². The van der Waals surface area contributed by atoms with E-state index < -0.39 is 0 Å². The van der Waals surface area contributed by atoms with E-state index in [1.54, 1.807) is 0 Å². The maximum atomic E-state index is 3.58. The number of nitrogens with zero attached hydrogens (tertiary/aromatic N) is 1. The summed E-state index contributed by atoms with van der Waals surface area (Å²) in [6.07, 6.45) is 8.43. The summed E-state index contributed by atoms with van der Waals surface area (Å²) in [5.41, 5.74) is 0. The number of hydrogen-bond donors (Lipinski definition) is 1. The molecule has 2 aliphatic carbocycles. The number of hydrogen-bond acceptors (Lipinski definition) is 2. The highest BCUT2D eigenvalue weighted by atomic mass is 15.2. The van der Waals surface area contributed by atoms with Crippen molar-refractivity contribution >= 4 is 0 Å². The highest BCUT2D eigenvalue weighted by Crippen LogP contribution is 2.35. The van der Waals surface area contributed by atoms with Crippen LogP contribution in [0.3, 0.4) is 0 Å². The first-order valence-electron chi connectivity index (χ1n) is 8.04. The Morgan fingerprint density at radius 2 is 1.89 bits per heavy atom. The fourth-order valence-electron chi connectivity index (χ4n) is 3.49. The van der Waals surface area contributed by atoms with Gasteiger partial charge in [0.2, 0.25) is 0 Å². The molecule has 2 nitrogen and oxygen atoms in total. The Morgan fingerprint density at radius 1 is 1.17 bits per heavy atom. The Morgan fingerprint density at radius 3 is 2.44 bits per heavy atom. The summed E-state index contributed by atoms with van der Waals surface area (Å²) in [6, 6.07) is 2.44. The van der Waals surface area contributed by atoms with Gasteiger partial charge in [-0.1, -0.05) is 20.8 Å². The molecule has 1 N–H and O–H groups in total. The smallest absolute Gasteiger partial charge is 0.0254 e. The lowest BCUT2D eigenvalue weighted by Crippen LogP contribution is -2.53. The molecule has 0 saturated heterocycles. The molecule has 0 aromatic heterocycles. The molecule has 2 aliphatic rings. The zero-order chi connectivity index (χ0) is 13.1. The van der Waals surface area contributed by atoms with Gasteiger partial charge < -0.3 is 5.32 Å². The third kappa shape index (κ3) is 3.71. The maximum Gasteiger partial charge on any atom is 0.0254 e. The highest BCUT2D eigenvalue weighted by molar-refractivity contribution is 4.96. The normalized spacial score (nSPS) is 33.3.